The molecule has 0 radical (unpaired) electrons. The number of hydrogen-bond donors (Lipinski definition) is 2. The van der Waals surface area contributed by atoms with Crippen molar-refractivity contribution in [2.45, 2.75) is 75.3 Å². The van der Waals surface area contributed by atoms with Crippen LogP contribution in [0, 0.1) is 5.92 Å². The molecule has 2 aliphatic carbocycles. The van der Waals surface area contributed by atoms with Gasteiger partial charge in [-0.25, -0.2) is 0 Å². The molecule has 3 aliphatic heterocycles. The lowest BCUT2D eigenvalue weighted by Crippen LogP contribution is -2.54. The Labute approximate surface area is 233 Å². The highest BCUT2D eigenvalue weighted by molar-refractivity contribution is 6.23. The molecular formula is C30H36N6O4. The fraction of sp³-hybridized carbons (Fsp3) is 0.567. The van der Waals surface area contributed by atoms with Gasteiger partial charge in [0.05, 0.1) is 22.9 Å². The largest absolute Gasteiger partial charge is 0.385 e. The molecule has 1 aromatic heterocycles. The molecular weight excluding hydrogens is 508 g/mol. The molecule has 5 aliphatic rings. The van der Waals surface area contributed by atoms with Crippen molar-refractivity contribution in [3.63, 3.8) is 0 Å². The Morgan fingerprint density at radius 2 is 1.70 bits per heavy atom. The molecule has 1 atom stereocenters. The molecule has 4 amide bonds. The van der Waals surface area contributed by atoms with E-state index in [0.717, 1.165) is 43.1 Å². The van der Waals surface area contributed by atoms with Crippen LogP contribution in [0.5, 0.6) is 0 Å². The van der Waals surface area contributed by atoms with Gasteiger partial charge in [0, 0.05) is 30.8 Å². The molecule has 0 spiro atoms. The highest BCUT2D eigenvalue weighted by Gasteiger charge is 2.44. The summed E-state index contributed by atoms with van der Waals surface area (Å²) in [5.41, 5.74) is 4.25. The van der Waals surface area contributed by atoms with E-state index in [1.54, 1.807) is 12.1 Å². The zero-order chi connectivity index (χ0) is 27.5. The lowest BCUT2D eigenvalue weighted by molar-refractivity contribution is -0.136. The third-order valence-electron chi connectivity index (χ3n) is 9.53. The molecule has 4 fully saturated rings. The number of likely N-dealkylation sites (tertiary alicyclic amines) is 1. The number of nitrogens with one attached hydrogen (secondary N) is 2. The third kappa shape index (κ3) is 4.52. The smallest absolute Gasteiger partial charge is 0.262 e. The molecule has 10 nitrogen and oxygen atoms in total. The molecule has 40 heavy (non-hydrogen) atoms. The van der Waals surface area contributed by atoms with E-state index in [0.29, 0.717) is 34.9 Å². The second-order valence-corrected chi connectivity index (χ2v) is 12.4. The van der Waals surface area contributed by atoms with Gasteiger partial charge in [0.25, 0.3) is 11.8 Å². The van der Waals surface area contributed by atoms with E-state index in [1.807, 2.05) is 6.07 Å². The van der Waals surface area contributed by atoms with Gasteiger partial charge in [-0.1, -0.05) is 0 Å². The van der Waals surface area contributed by atoms with Crippen LogP contribution in [0.15, 0.2) is 24.4 Å². The monoisotopic (exact) mass is 544 g/mol. The Hall–Kier alpha value is -3.53. The van der Waals surface area contributed by atoms with E-state index >= 15 is 0 Å². The zero-order valence-electron chi connectivity index (χ0n) is 22.9. The standard InChI is InChI=1S/C30H36N6O4/c1-34-10-8-18(9-11-34)24-16-35(33-27(24)19-2-3-19)21-12-17(13-21)15-31-20-4-5-22-23(14-20)30(40)36(29(22)39)25-6-7-26(37)32-28(25)38/h4-5,14,16-19,21,25,31H,2-3,6-13,15H2,1H3,(H,32,37,38)/t17-,21-,25?. The third-order valence-corrected chi connectivity index (χ3v) is 9.53. The minimum atomic E-state index is -0.948. The van der Waals surface area contributed by atoms with E-state index < -0.39 is 23.8 Å². The van der Waals surface area contributed by atoms with Crippen LogP contribution in [0.4, 0.5) is 5.69 Å². The van der Waals surface area contributed by atoms with Crippen molar-refractivity contribution in [1.29, 1.82) is 0 Å². The summed E-state index contributed by atoms with van der Waals surface area (Å²) in [5, 5.41) is 10.8. The van der Waals surface area contributed by atoms with Crippen LogP contribution in [0.3, 0.4) is 0 Å². The summed E-state index contributed by atoms with van der Waals surface area (Å²) in [6.45, 7) is 3.11. The van der Waals surface area contributed by atoms with Gasteiger partial charge in [-0.15, -0.1) is 0 Å². The Balaban J connectivity index is 0.965. The maximum absolute atomic E-state index is 13.1. The summed E-state index contributed by atoms with van der Waals surface area (Å²) < 4.78 is 2.25. The topological polar surface area (TPSA) is 117 Å². The first-order valence-electron chi connectivity index (χ1n) is 14.7. The Kier molecular flexibility index (Phi) is 6.25. The molecule has 0 bridgehead atoms. The van der Waals surface area contributed by atoms with Gasteiger partial charge in [-0.2, -0.15) is 5.10 Å². The van der Waals surface area contributed by atoms with Crippen molar-refractivity contribution < 1.29 is 19.2 Å². The van der Waals surface area contributed by atoms with Crippen LogP contribution in [-0.4, -0.2) is 75.9 Å². The highest BCUT2D eigenvalue weighted by Crippen LogP contribution is 2.46. The van der Waals surface area contributed by atoms with Crippen molar-refractivity contribution >= 4 is 29.3 Å². The molecule has 210 valence electrons. The van der Waals surface area contributed by atoms with E-state index in [9.17, 15) is 19.2 Å². The normalized spacial score (nSPS) is 27.5. The number of anilines is 1. The van der Waals surface area contributed by atoms with Gasteiger partial charge in [0.2, 0.25) is 11.8 Å². The predicted molar refractivity (Wildman–Crippen MR) is 147 cm³/mol. The summed E-state index contributed by atoms with van der Waals surface area (Å²) in [7, 11) is 2.21. The Morgan fingerprint density at radius 1 is 0.950 bits per heavy atom. The van der Waals surface area contributed by atoms with Crippen molar-refractivity contribution in [3.8, 4) is 0 Å². The predicted octanol–water partition coefficient (Wildman–Crippen LogP) is 3.03. The Bertz CT molecular complexity index is 1380. The fourth-order valence-corrected chi connectivity index (χ4v) is 6.84. The average Bonchev–Trinajstić information content (AvgIpc) is 3.63. The lowest BCUT2D eigenvalue weighted by Gasteiger charge is -2.36. The molecule has 10 heteroatoms. The van der Waals surface area contributed by atoms with E-state index in [-0.39, 0.29) is 18.7 Å². The van der Waals surface area contributed by atoms with Crippen molar-refractivity contribution in [2.24, 2.45) is 5.92 Å². The minimum absolute atomic E-state index is 0.110. The lowest BCUT2D eigenvalue weighted by atomic mass is 9.80. The number of nitrogens with zero attached hydrogens (tertiary/aromatic N) is 4. The number of hydrogen-bond acceptors (Lipinski definition) is 7. The molecule has 2 saturated heterocycles. The highest BCUT2D eigenvalue weighted by atomic mass is 16.2. The van der Waals surface area contributed by atoms with E-state index in [4.69, 9.17) is 5.10 Å². The molecule has 1 unspecified atom stereocenters. The van der Waals surface area contributed by atoms with Gasteiger partial charge >= 0.3 is 0 Å². The average molecular weight is 545 g/mol. The van der Waals surface area contributed by atoms with Gasteiger partial charge in [-0.05, 0) is 101 Å². The number of piperidine rings is 2. The van der Waals surface area contributed by atoms with Gasteiger partial charge < -0.3 is 10.2 Å². The van der Waals surface area contributed by atoms with E-state index in [2.05, 4.69) is 33.5 Å². The summed E-state index contributed by atoms with van der Waals surface area (Å²) >= 11 is 0. The number of benzene rings is 1. The maximum Gasteiger partial charge on any atom is 0.262 e. The molecule has 4 heterocycles. The van der Waals surface area contributed by atoms with Crippen LogP contribution in [0.1, 0.15) is 101 Å². The van der Waals surface area contributed by atoms with Crippen LogP contribution in [0.25, 0.3) is 0 Å². The second kappa shape index (κ2) is 9.83. The first-order valence-corrected chi connectivity index (χ1v) is 14.7. The van der Waals surface area contributed by atoms with Crippen LogP contribution in [-0.2, 0) is 9.59 Å². The molecule has 2 aromatic rings. The van der Waals surface area contributed by atoms with Crippen molar-refractivity contribution in [1.82, 2.24) is 24.9 Å². The minimum Gasteiger partial charge on any atom is -0.385 e. The fourth-order valence-electron chi connectivity index (χ4n) is 6.84. The van der Waals surface area contributed by atoms with Crippen molar-refractivity contribution in [3.05, 3.63) is 46.8 Å². The van der Waals surface area contributed by atoms with Gasteiger partial charge in [0.15, 0.2) is 0 Å². The summed E-state index contributed by atoms with van der Waals surface area (Å²) in [6, 6.07) is 4.67. The van der Waals surface area contributed by atoms with Crippen LogP contribution in [0.2, 0.25) is 0 Å². The molecule has 7 rings (SSSR count). The van der Waals surface area contributed by atoms with Crippen LogP contribution < -0.4 is 10.6 Å². The maximum atomic E-state index is 13.1. The quantitative estimate of drug-likeness (QED) is 0.515. The first kappa shape index (κ1) is 25.4. The second-order valence-electron chi connectivity index (χ2n) is 12.4. The number of imide groups is 2. The summed E-state index contributed by atoms with van der Waals surface area (Å²) in [5.74, 6) is -0.123. The number of carbonyl (C=O) groups is 4. The number of amides is 4. The summed E-state index contributed by atoms with van der Waals surface area (Å²) in [6.07, 6.45) is 9.74. The van der Waals surface area contributed by atoms with Crippen molar-refractivity contribution in [2.75, 3.05) is 32.0 Å². The van der Waals surface area contributed by atoms with Gasteiger partial charge in [0.1, 0.15) is 6.04 Å². The first-order chi connectivity index (χ1) is 19.4. The van der Waals surface area contributed by atoms with Crippen LogP contribution >= 0.6 is 0 Å². The Morgan fingerprint density at radius 3 is 2.42 bits per heavy atom. The number of fused-ring (bicyclic) bond motifs is 1. The molecule has 2 saturated carbocycles. The molecule has 1 aromatic carbocycles. The number of aromatic nitrogens is 2. The molecule has 2 N–H and O–H groups in total. The zero-order valence-corrected chi connectivity index (χ0v) is 22.9. The summed E-state index contributed by atoms with van der Waals surface area (Å²) in [4.78, 5) is 53.3. The SMILES string of the molecule is CN1CCC(c2cn([C@H]3C[C@H](CNc4ccc5c(c4)C(=O)N(C4CCC(=O)NC4=O)C5=O)C3)nc2C2CC2)CC1. The van der Waals surface area contributed by atoms with E-state index in [1.165, 1.54) is 36.9 Å². The number of carbonyl (C=O) groups excluding carboxylic acids is 4. The number of rotatable bonds is 7. The van der Waals surface area contributed by atoms with Gasteiger partial charge in [-0.3, -0.25) is 34.1 Å².